The molecule has 1 aromatic rings. The van der Waals surface area contributed by atoms with E-state index in [1.165, 1.54) is 0 Å². The number of nitriles is 2. The van der Waals surface area contributed by atoms with Gasteiger partial charge in [0.05, 0.1) is 0 Å². The number of allylic oxidation sites excluding steroid dienone is 1. The van der Waals surface area contributed by atoms with Crippen LogP contribution in [0.5, 0.6) is 0 Å². The molecule has 14 heavy (non-hydrogen) atoms. The average molecular weight is 249 g/mol. The fourth-order valence-corrected chi connectivity index (χ4v) is 1.15. The summed E-state index contributed by atoms with van der Waals surface area (Å²) in [5.41, 5.74) is 0.165. The fraction of sp³-hybridized carbons (Fsp3) is 0. The van der Waals surface area contributed by atoms with Crippen molar-refractivity contribution >= 4 is 21.7 Å². The fourth-order valence-electron chi connectivity index (χ4n) is 0.883. The molecule has 0 spiro atoms. The second kappa shape index (κ2) is 4.45. The van der Waals surface area contributed by atoms with Gasteiger partial charge in [-0.15, -0.1) is 0 Å². The van der Waals surface area contributed by atoms with Crippen molar-refractivity contribution in [2.24, 2.45) is 0 Å². The lowest BCUT2D eigenvalue weighted by Crippen LogP contribution is -1.87. The highest BCUT2D eigenvalue weighted by Crippen LogP contribution is 2.18. The third-order valence-electron chi connectivity index (χ3n) is 1.58. The number of nitrogens with zero attached hydrogens (tertiary/aromatic N) is 2. The lowest BCUT2D eigenvalue weighted by Gasteiger charge is -1.99. The van der Waals surface area contributed by atoms with Crippen LogP contribution in [0.1, 0.15) is 5.56 Å². The van der Waals surface area contributed by atoms with E-state index in [-0.39, 0.29) is 11.3 Å². The van der Waals surface area contributed by atoms with Gasteiger partial charge in [-0.25, -0.2) is 0 Å². The number of halogens is 1. The highest BCUT2D eigenvalue weighted by Gasteiger charge is 2.06. The van der Waals surface area contributed by atoms with E-state index in [0.717, 1.165) is 4.47 Å². The van der Waals surface area contributed by atoms with Gasteiger partial charge in [-0.3, -0.25) is 0 Å². The maximum atomic E-state index is 9.49. The Morgan fingerprint density at radius 3 is 2.07 bits per heavy atom. The van der Waals surface area contributed by atoms with Crippen molar-refractivity contribution in [2.75, 3.05) is 0 Å². The summed E-state index contributed by atoms with van der Waals surface area (Å²) in [7, 11) is 0. The second-order valence-corrected chi connectivity index (χ2v) is 3.37. The highest BCUT2D eigenvalue weighted by molar-refractivity contribution is 9.10. The molecular formula is C10H5BrN2O. The minimum atomic E-state index is -0.289. The smallest absolute Gasteiger partial charge is 0.171 e. The summed E-state index contributed by atoms with van der Waals surface area (Å²) in [5.74, 6) is -0.289. The predicted molar refractivity (Wildman–Crippen MR) is 54.9 cm³/mol. The Kier molecular flexibility index (Phi) is 3.28. The van der Waals surface area contributed by atoms with Crippen molar-refractivity contribution < 1.29 is 5.11 Å². The Hall–Kier alpha value is -1.78. The SMILES string of the molecule is N#CC(C#N)=C(O)c1ccc(Br)cc1. The zero-order chi connectivity index (χ0) is 10.6. The molecule has 1 N–H and O–H groups in total. The molecule has 0 fully saturated rings. The molecule has 0 saturated heterocycles. The molecule has 1 rings (SSSR count). The lowest BCUT2D eigenvalue weighted by atomic mass is 10.1. The molecule has 0 saturated carbocycles. The van der Waals surface area contributed by atoms with Crippen molar-refractivity contribution in [3.8, 4) is 12.1 Å². The van der Waals surface area contributed by atoms with E-state index in [4.69, 9.17) is 10.5 Å². The molecule has 0 aromatic heterocycles. The molecule has 1 aromatic carbocycles. The topological polar surface area (TPSA) is 67.8 Å². The van der Waals surface area contributed by atoms with E-state index in [1.54, 1.807) is 36.4 Å². The molecule has 0 aliphatic heterocycles. The van der Waals surface area contributed by atoms with Gasteiger partial charge in [-0.2, -0.15) is 10.5 Å². The van der Waals surface area contributed by atoms with Crippen molar-refractivity contribution in [1.82, 2.24) is 0 Å². The van der Waals surface area contributed by atoms with Crippen molar-refractivity contribution in [2.45, 2.75) is 0 Å². The van der Waals surface area contributed by atoms with Crippen LogP contribution >= 0.6 is 15.9 Å². The van der Waals surface area contributed by atoms with Gasteiger partial charge >= 0.3 is 0 Å². The Balaban J connectivity index is 3.21. The molecule has 4 heteroatoms. The summed E-state index contributed by atoms with van der Waals surface area (Å²) < 4.78 is 0.865. The van der Waals surface area contributed by atoms with Crippen molar-refractivity contribution in [3.05, 3.63) is 39.9 Å². The largest absolute Gasteiger partial charge is 0.505 e. The molecule has 0 amide bonds. The number of hydrogen-bond donors (Lipinski definition) is 1. The van der Waals surface area contributed by atoms with E-state index in [9.17, 15) is 5.11 Å². The van der Waals surface area contributed by atoms with E-state index < -0.39 is 0 Å². The van der Waals surface area contributed by atoms with Gasteiger partial charge in [0.1, 0.15) is 12.1 Å². The first-order valence-corrected chi connectivity index (χ1v) is 4.47. The van der Waals surface area contributed by atoms with Crippen LogP contribution in [0.4, 0.5) is 0 Å². The van der Waals surface area contributed by atoms with E-state index in [2.05, 4.69) is 15.9 Å². The molecule has 68 valence electrons. The summed E-state index contributed by atoms with van der Waals surface area (Å²) in [6, 6.07) is 9.92. The monoisotopic (exact) mass is 248 g/mol. The number of benzene rings is 1. The van der Waals surface area contributed by atoms with E-state index in [0.29, 0.717) is 5.56 Å². The summed E-state index contributed by atoms with van der Waals surface area (Å²) in [4.78, 5) is 0. The van der Waals surface area contributed by atoms with Gasteiger partial charge < -0.3 is 5.11 Å². The second-order valence-electron chi connectivity index (χ2n) is 2.45. The summed E-state index contributed by atoms with van der Waals surface area (Å²) in [6.07, 6.45) is 0. The first kappa shape index (κ1) is 10.3. The molecule has 0 atom stereocenters. The van der Waals surface area contributed by atoms with Gasteiger partial charge in [0.15, 0.2) is 11.3 Å². The van der Waals surface area contributed by atoms with Crippen LogP contribution in [0, 0.1) is 22.7 Å². The maximum Gasteiger partial charge on any atom is 0.171 e. The lowest BCUT2D eigenvalue weighted by molar-refractivity contribution is 0.510. The Bertz CT molecular complexity index is 432. The quantitative estimate of drug-likeness (QED) is 0.614. The molecule has 0 radical (unpaired) electrons. The van der Waals surface area contributed by atoms with Crippen molar-refractivity contribution in [3.63, 3.8) is 0 Å². The molecule has 0 aliphatic carbocycles. The van der Waals surface area contributed by atoms with Crippen LogP contribution in [0.2, 0.25) is 0 Å². The zero-order valence-electron chi connectivity index (χ0n) is 7.03. The number of aliphatic hydroxyl groups is 1. The summed E-state index contributed by atoms with van der Waals surface area (Å²) >= 11 is 3.24. The summed E-state index contributed by atoms with van der Waals surface area (Å²) in [6.45, 7) is 0. The van der Waals surface area contributed by atoms with Gasteiger partial charge in [0.25, 0.3) is 0 Å². The van der Waals surface area contributed by atoms with Crippen LogP contribution < -0.4 is 0 Å². The number of rotatable bonds is 1. The predicted octanol–water partition coefficient (Wildman–Crippen LogP) is 2.77. The van der Waals surface area contributed by atoms with Gasteiger partial charge in [-0.1, -0.05) is 28.1 Å². The Morgan fingerprint density at radius 2 is 1.64 bits per heavy atom. The normalized spacial score (nSPS) is 8.50. The Morgan fingerprint density at radius 1 is 1.14 bits per heavy atom. The van der Waals surface area contributed by atoms with Gasteiger partial charge in [0, 0.05) is 10.0 Å². The summed E-state index contributed by atoms with van der Waals surface area (Å²) in [5, 5.41) is 26.5. The van der Waals surface area contributed by atoms with Crippen molar-refractivity contribution in [1.29, 1.82) is 10.5 Å². The third-order valence-corrected chi connectivity index (χ3v) is 2.11. The maximum absolute atomic E-state index is 9.49. The molecule has 0 bridgehead atoms. The average Bonchev–Trinajstić information content (AvgIpc) is 2.20. The Labute approximate surface area is 89.6 Å². The minimum absolute atomic E-state index is 0.285. The standard InChI is InChI=1S/C10H5BrN2O/c11-9-3-1-7(2-4-9)10(14)8(5-12)6-13/h1-4,14H. The van der Waals surface area contributed by atoms with Gasteiger partial charge in [0.2, 0.25) is 0 Å². The molecule has 3 nitrogen and oxygen atoms in total. The molecule has 0 heterocycles. The van der Waals surface area contributed by atoms with Gasteiger partial charge in [-0.05, 0) is 12.1 Å². The molecule has 0 unspecified atom stereocenters. The zero-order valence-corrected chi connectivity index (χ0v) is 8.62. The first-order chi connectivity index (χ1) is 6.69. The van der Waals surface area contributed by atoms with Crippen LogP contribution in [-0.2, 0) is 0 Å². The van der Waals surface area contributed by atoms with E-state index in [1.807, 2.05) is 0 Å². The van der Waals surface area contributed by atoms with Crippen LogP contribution in [-0.4, -0.2) is 5.11 Å². The van der Waals surface area contributed by atoms with Crippen LogP contribution in [0.15, 0.2) is 34.3 Å². The molecule has 0 aliphatic rings. The first-order valence-electron chi connectivity index (χ1n) is 3.68. The minimum Gasteiger partial charge on any atom is -0.505 e. The van der Waals surface area contributed by atoms with E-state index >= 15 is 0 Å². The molecular weight excluding hydrogens is 244 g/mol. The van der Waals surface area contributed by atoms with Crippen LogP contribution in [0.3, 0.4) is 0 Å². The van der Waals surface area contributed by atoms with Crippen LogP contribution in [0.25, 0.3) is 5.76 Å². The highest BCUT2D eigenvalue weighted by atomic mass is 79.9. The number of hydrogen-bond acceptors (Lipinski definition) is 3. The number of aliphatic hydroxyl groups excluding tert-OH is 1. The third kappa shape index (κ3) is 2.12.